The molecule has 2 rings (SSSR count). The van der Waals surface area contributed by atoms with Crippen molar-refractivity contribution in [1.82, 2.24) is 0 Å². The SMILES string of the molecule is Cc1ccc(C(N)c2ccccc2F)cc1Cl. The molecule has 0 aliphatic heterocycles. The minimum absolute atomic E-state index is 0.295. The van der Waals surface area contributed by atoms with Gasteiger partial charge in [-0.15, -0.1) is 0 Å². The lowest BCUT2D eigenvalue weighted by molar-refractivity contribution is 0.599. The van der Waals surface area contributed by atoms with E-state index in [4.69, 9.17) is 17.3 Å². The molecule has 0 aliphatic rings. The average Bonchev–Trinajstić information content (AvgIpc) is 2.32. The lowest BCUT2D eigenvalue weighted by Gasteiger charge is -2.14. The van der Waals surface area contributed by atoms with E-state index in [1.807, 2.05) is 19.1 Å². The second-order valence-electron chi connectivity index (χ2n) is 4.01. The summed E-state index contributed by atoms with van der Waals surface area (Å²) in [5.41, 5.74) is 8.31. The van der Waals surface area contributed by atoms with Crippen LogP contribution in [-0.2, 0) is 0 Å². The van der Waals surface area contributed by atoms with Crippen LogP contribution in [0, 0.1) is 12.7 Å². The highest BCUT2D eigenvalue weighted by atomic mass is 35.5. The van der Waals surface area contributed by atoms with Gasteiger partial charge in [-0.1, -0.05) is 41.9 Å². The zero-order chi connectivity index (χ0) is 12.4. The summed E-state index contributed by atoms with van der Waals surface area (Å²) in [5.74, 6) is -0.295. The molecular weight excluding hydrogens is 237 g/mol. The maximum absolute atomic E-state index is 13.6. The number of rotatable bonds is 2. The summed E-state index contributed by atoms with van der Waals surface area (Å²) in [6.45, 7) is 1.92. The molecule has 2 aromatic carbocycles. The maximum Gasteiger partial charge on any atom is 0.128 e. The first kappa shape index (κ1) is 12.1. The van der Waals surface area contributed by atoms with Crippen LogP contribution in [0.1, 0.15) is 22.7 Å². The molecule has 0 radical (unpaired) electrons. The highest BCUT2D eigenvalue weighted by molar-refractivity contribution is 6.31. The van der Waals surface area contributed by atoms with Gasteiger partial charge < -0.3 is 5.73 Å². The fourth-order valence-corrected chi connectivity index (χ4v) is 1.90. The van der Waals surface area contributed by atoms with Crippen molar-refractivity contribution in [2.24, 2.45) is 5.73 Å². The van der Waals surface area contributed by atoms with Crippen LogP contribution in [0.3, 0.4) is 0 Å². The lowest BCUT2D eigenvalue weighted by Crippen LogP contribution is -2.13. The van der Waals surface area contributed by atoms with Gasteiger partial charge in [-0.25, -0.2) is 4.39 Å². The smallest absolute Gasteiger partial charge is 0.128 e. The molecule has 0 amide bonds. The van der Waals surface area contributed by atoms with Gasteiger partial charge in [-0.05, 0) is 30.2 Å². The van der Waals surface area contributed by atoms with Crippen LogP contribution in [-0.4, -0.2) is 0 Å². The third-order valence-electron chi connectivity index (χ3n) is 2.80. The Morgan fingerprint density at radius 1 is 1.18 bits per heavy atom. The third-order valence-corrected chi connectivity index (χ3v) is 3.20. The summed E-state index contributed by atoms with van der Waals surface area (Å²) in [5, 5.41) is 0.647. The molecule has 88 valence electrons. The standard InChI is InChI=1S/C14H13ClFN/c1-9-6-7-10(8-12(9)15)14(17)11-4-2-3-5-13(11)16/h2-8,14H,17H2,1H3. The number of nitrogens with two attached hydrogens (primary N) is 1. The zero-order valence-electron chi connectivity index (χ0n) is 9.45. The van der Waals surface area contributed by atoms with E-state index >= 15 is 0 Å². The average molecular weight is 250 g/mol. The van der Waals surface area contributed by atoms with Crippen LogP contribution in [0.5, 0.6) is 0 Å². The largest absolute Gasteiger partial charge is 0.320 e. The highest BCUT2D eigenvalue weighted by Gasteiger charge is 2.13. The van der Waals surface area contributed by atoms with Crippen molar-refractivity contribution in [3.05, 3.63) is 70.0 Å². The van der Waals surface area contributed by atoms with Crippen molar-refractivity contribution in [3.8, 4) is 0 Å². The van der Waals surface area contributed by atoms with E-state index in [-0.39, 0.29) is 5.82 Å². The Bertz CT molecular complexity index is 539. The van der Waals surface area contributed by atoms with E-state index in [9.17, 15) is 4.39 Å². The van der Waals surface area contributed by atoms with Gasteiger partial charge in [0.1, 0.15) is 5.82 Å². The van der Waals surface area contributed by atoms with Crippen LogP contribution >= 0.6 is 11.6 Å². The van der Waals surface area contributed by atoms with Gasteiger partial charge in [0.25, 0.3) is 0 Å². The predicted octanol–water partition coefficient (Wildman–Crippen LogP) is 3.84. The summed E-state index contributed by atoms with van der Waals surface area (Å²) < 4.78 is 13.6. The van der Waals surface area contributed by atoms with Gasteiger partial charge in [-0.2, -0.15) is 0 Å². The number of aryl methyl sites for hydroxylation is 1. The molecule has 1 nitrogen and oxygen atoms in total. The zero-order valence-corrected chi connectivity index (χ0v) is 10.2. The Labute approximate surface area is 105 Å². The van der Waals surface area contributed by atoms with E-state index in [1.165, 1.54) is 6.07 Å². The predicted molar refractivity (Wildman–Crippen MR) is 68.6 cm³/mol. The number of benzene rings is 2. The third kappa shape index (κ3) is 2.48. The molecule has 2 N–H and O–H groups in total. The van der Waals surface area contributed by atoms with Crippen molar-refractivity contribution in [2.45, 2.75) is 13.0 Å². The highest BCUT2D eigenvalue weighted by Crippen LogP contribution is 2.25. The minimum Gasteiger partial charge on any atom is -0.320 e. The first-order chi connectivity index (χ1) is 8.09. The molecule has 1 unspecified atom stereocenters. The molecule has 0 aromatic heterocycles. The van der Waals surface area contributed by atoms with E-state index < -0.39 is 6.04 Å². The van der Waals surface area contributed by atoms with Crippen molar-refractivity contribution < 1.29 is 4.39 Å². The van der Waals surface area contributed by atoms with E-state index in [2.05, 4.69) is 0 Å². The summed E-state index contributed by atoms with van der Waals surface area (Å²) in [6.07, 6.45) is 0. The Balaban J connectivity index is 2.40. The van der Waals surface area contributed by atoms with Gasteiger partial charge >= 0.3 is 0 Å². The fourth-order valence-electron chi connectivity index (χ4n) is 1.71. The Hall–Kier alpha value is -1.38. The molecule has 0 aliphatic carbocycles. The summed E-state index contributed by atoms with van der Waals surface area (Å²) in [4.78, 5) is 0. The van der Waals surface area contributed by atoms with Crippen LogP contribution in [0.25, 0.3) is 0 Å². The first-order valence-corrected chi connectivity index (χ1v) is 5.73. The molecule has 0 spiro atoms. The maximum atomic E-state index is 13.6. The molecule has 17 heavy (non-hydrogen) atoms. The van der Waals surface area contributed by atoms with Crippen LogP contribution in [0.2, 0.25) is 5.02 Å². The molecule has 2 aromatic rings. The number of hydrogen-bond acceptors (Lipinski definition) is 1. The molecule has 0 heterocycles. The van der Waals surface area contributed by atoms with Gasteiger partial charge in [0, 0.05) is 10.6 Å². The van der Waals surface area contributed by atoms with Crippen LogP contribution in [0.4, 0.5) is 4.39 Å². The molecule has 0 bridgehead atoms. The van der Waals surface area contributed by atoms with E-state index in [1.54, 1.807) is 24.3 Å². The van der Waals surface area contributed by atoms with Crippen molar-refractivity contribution >= 4 is 11.6 Å². The van der Waals surface area contributed by atoms with Crippen molar-refractivity contribution in [2.75, 3.05) is 0 Å². The molecule has 0 fully saturated rings. The van der Waals surface area contributed by atoms with Gasteiger partial charge in [0.05, 0.1) is 6.04 Å². The van der Waals surface area contributed by atoms with Crippen LogP contribution in [0.15, 0.2) is 42.5 Å². The minimum atomic E-state index is -0.491. The molecule has 0 saturated carbocycles. The van der Waals surface area contributed by atoms with Crippen LogP contribution < -0.4 is 5.73 Å². The molecular formula is C14H13ClFN. The number of halogens is 2. The Kier molecular flexibility index (Phi) is 3.46. The molecule has 0 saturated heterocycles. The van der Waals surface area contributed by atoms with Crippen molar-refractivity contribution in [1.29, 1.82) is 0 Å². The molecule has 3 heteroatoms. The fraction of sp³-hybridized carbons (Fsp3) is 0.143. The normalized spacial score (nSPS) is 12.5. The monoisotopic (exact) mass is 249 g/mol. The quantitative estimate of drug-likeness (QED) is 0.860. The second kappa shape index (κ2) is 4.86. The molecule has 1 atom stereocenters. The summed E-state index contributed by atoms with van der Waals surface area (Å²) >= 11 is 6.04. The number of hydrogen-bond donors (Lipinski definition) is 1. The summed E-state index contributed by atoms with van der Waals surface area (Å²) in [7, 11) is 0. The van der Waals surface area contributed by atoms with Gasteiger partial charge in [0.2, 0.25) is 0 Å². The van der Waals surface area contributed by atoms with Crippen molar-refractivity contribution in [3.63, 3.8) is 0 Å². The topological polar surface area (TPSA) is 26.0 Å². The Morgan fingerprint density at radius 2 is 1.88 bits per heavy atom. The first-order valence-electron chi connectivity index (χ1n) is 5.35. The van der Waals surface area contributed by atoms with Gasteiger partial charge in [-0.3, -0.25) is 0 Å². The lowest BCUT2D eigenvalue weighted by atomic mass is 9.98. The van der Waals surface area contributed by atoms with E-state index in [0.29, 0.717) is 10.6 Å². The Morgan fingerprint density at radius 3 is 2.53 bits per heavy atom. The second-order valence-corrected chi connectivity index (χ2v) is 4.42. The van der Waals surface area contributed by atoms with E-state index in [0.717, 1.165) is 11.1 Å². The summed E-state index contributed by atoms with van der Waals surface area (Å²) in [6, 6.07) is 11.6. The van der Waals surface area contributed by atoms with Gasteiger partial charge in [0.15, 0.2) is 0 Å².